The number of aromatic hydroxyl groups is 1. The number of benzene rings is 2. The molecule has 0 saturated carbocycles. The Morgan fingerprint density at radius 1 is 0.947 bits per heavy atom. The Hall–Kier alpha value is -0.220. The van der Waals surface area contributed by atoms with E-state index in [4.69, 9.17) is 23.2 Å². The van der Waals surface area contributed by atoms with E-state index in [0.29, 0.717) is 19.0 Å². The van der Waals surface area contributed by atoms with Crippen LogP contribution in [0.25, 0.3) is 0 Å². The minimum atomic E-state index is 0.208. The lowest BCUT2D eigenvalue weighted by molar-refractivity contribution is 0.468. The van der Waals surface area contributed by atoms with E-state index in [1.807, 2.05) is 30.3 Å². The van der Waals surface area contributed by atoms with Crippen molar-refractivity contribution < 1.29 is 5.11 Å². The van der Waals surface area contributed by atoms with Crippen molar-refractivity contribution in [1.82, 2.24) is 0 Å². The Morgan fingerprint density at radius 3 is 2.00 bits per heavy atom. The fourth-order valence-electron chi connectivity index (χ4n) is 1.80. The van der Waals surface area contributed by atoms with Crippen LogP contribution < -0.4 is 0 Å². The SMILES string of the molecule is Oc1c(Br)cc(CCc2c(Cl)cccc2Cl)cc1Br. The molecule has 0 spiro atoms. The molecule has 0 aromatic heterocycles. The van der Waals surface area contributed by atoms with E-state index >= 15 is 0 Å². The van der Waals surface area contributed by atoms with E-state index in [1.165, 1.54) is 0 Å². The van der Waals surface area contributed by atoms with E-state index in [2.05, 4.69) is 31.9 Å². The third-order valence-corrected chi connectivity index (χ3v) is 4.72. The molecule has 5 heteroatoms. The van der Waals surface area contributed by atoms with Crippen LogP contribution in [0.15, 0.2) is 39.3 Å². The van der Waals surface area contributed by atoms with Crippen LogP contribution in [-0.4, -0.2) is 5.11 Å². The second-order valence-corrected chi connectivity index (χ2v) is 6.63. The minimum Gasteiger partial charge on any atom is -0.506 e. The smallest absolute Gasteiger partial charge is 0.143 e. The van der Waals surface area contributed by atoms with E-state index in [9.17, 15) is 5.11 Å². The number of hydrogen-bond acceptors (Lipinski definition) is 1. The van der Waals surface area contributed by atoms with Gasteiger partial charge in [-0.3, -0.25) is 0 Å². The second kappa shape index (κ2) is 6.49. The Morgan fingerprint density at radius 2 is 1.47 bits per heavy atom. The van der Waals surface area contributed by atoms with Crippen molar-refractivity contribution in [3.8, 4) is 5.75 Å². The predicted molar refractivity (Wildman–Crippen MR) is 87.4 cm³/mol. The molecule has 100 valence electrons. The highest BCUT2D eigenvalue weighted by atomic mass is 79.9. The summed E-state index contributed by atoms with van der Waals surface area (Å²) >= 11 is 18.9. The molecule has 0 saturated heterocycles. The first-order valence-electron chi connectivity index (χ1n) is 5.59. The zero-order chi connectivity index (χ0) is 14.0. The maximum atomic E-state index is 9.67. The van der Waals surface area contributed by atoms with Gasteiger partial charge in [0.15, 0.2) is 0 Å². The van der Waals surface area contributed by atoms with Crippen LogP contribution in [-0.2, 0) is 12.8 Å². The van der Waals surface area contributed by atoms with Crippen molar-refractivity contribution in [3.63, 3.8) is 0 Å². The molecule has 1 N–H and O–H groups in total. The lowest BCUT2D eigenvalue weighted by atomic mass is 10.0. The highest BCUT2D eigenvalue weighted by Gasteiger charge is 2.09. The average molecular weight is 425 g/mol. The first-order valence-corrected chi connectivity index (χ1v) is 7.93. The number of phenolic OH excluding ortho intramolecular Hbond substituents is 1. The number of rotatable bonds is 3. The van der Waals surface area contributed by atoms with Crippen LogP contribution >= 0.6 is 55.1 Å². The third kappa shape index (κ3) is 3.66. The fourth-order valence-corrected chi connectivity index (χ4v) is 3.67. The predicted octanol–water partition coefficient (Wildman–Crippen LogP) is 6.01. The van der Waals surface area contributed by atoms with Gasteiger partial charge in [-0.2, -0.15) is 0 Å². The lowest BCUT2D eigenvalue weighted by Gasteiger charge is -2.09. The van der Waals surface area contributed by atoms with E-state index in [1.54, 1.807) is 0 Å². The molecular formula is C14H10Br2Cl2O. The molecule has 0 bridgehead atoms. The average Bonchev–Trinajstić information content (AvgIpc) is 2.35. The van der Waals surface area contributed by atoms with Gasteiger partial charge in [0, 0.05) is 10.0 Å². The zero-order valence-electron chi connectivity index (χ0n) is 9.76. The van der Waals surface area contributed by atoms with E-state index < -0.39 is 0 Å². The summed E-state index contributed by atoms with van der Waals surface area (Å²) in [4.78, 5) is 0. The van der Waals surface area contributed by atoms with Crippen LogP contribution in [0.4, 0.5) is 0 Å². The summed E-state index contributed by atoms with van der Waals surface area (Å²) < 4.78 is 1.34. The molecular weight excluding hydrogens is 415 g/mol. The van der Waals surface area contributed by atoms with Crippen LogP contribution in [0.3, 0.4) is 0 Å². The van der Waals surface area contributed by atoms with Crippen molar-refractivity contribution in [2.24, 2.45) is 0 Å². The molecule has 2 aromatic carbocycles. The number of phenols is 1. The Labute approximate surface area is 138 Å². The summed E-state index contributed by atoms with van der Waals surface area (Å²) in [6.45, 7) is 0. The molecule has 0 heterocycles. The monoisotopic (exact) mass is 422 g/mol. The van der Waals surface area contributed by atoms with Crippen molar-refractivity contribution in [1.29, 1.82) is 0 Å². The molecule has 1 nitrogen and oxygen atoms in total. The second-order valence-electron chi connectivity index (χ2n) is 4.11. The number of halogens is 4. The summed E-state index contributed by atoms with van der Waals surface area (Å²) in [7, 11) is 0. The Kier molecular flexibility index (Phi) is 5.18. The summed E-state index contributed by atoms with van der Waals surface area (Å²) in [6.07, 6.45) is 1.54. The first kappa shape index (κ1) is 15.2. The molecule has 0 aliphatic heterocycles. The summed E-state index contributed by atoms with van der Waals surface area (Å²) in [5, 5.41) is 11.0. The normalized spacial score (nSPS) is 10.7. The lowest BCUT2D eigenvalue weighted by Crippen LogP contribution is -1.94. The van der Waals surface area contributed by atoms with Gasteiger partial charge < -0.3 is 5.11 Å². The number of aryl methyl sites for hydroxylation is 1. The Balaban J connectivity index is 2.19. The van der Waals surface area contributed by atoms with Gasteiger partial charge in [-0.15, -0.1) is 0 Å². The van der Waals surface area contributed by atoms with Gasteiger partial charge in [0.25, 0.3) is 0 Å². The summed E-state index contributed by atoms with van der Waals surface area (Å²) in [5.74, 6) is 0.208. The van der Waals surface area contributed by atoms with Gasteiger partial charge in [-0.25, -0.2) is 0 Å². The highest BCUT2D eigenvalue weighted by molar-refractivity contribution is 9.11. The van der Waals surface area contributed by atoms with Gasteiger partial charge in [0.1, 0.15) is 5.75 Å². The van der Waals surface area contributed by atoms with Crippen molar-refractivity contribution in [3.05, 3.63) is 60.4 Å². The zero-order valence-corrected chi connectivity index (χ0v) is 14.4. The highest BCUT2D eigenvalue weighted by Crippen LogP contribution is 2.34. The molecule has 0 atom stereocenters. The summed E-state index contributed by atoms with van der Waals surface area (Å²) in [5.41, 5.74) is 2.04. The van der Waals surface area contributed by atoms with Crippen LogP contribution in [0.1, 0.15) is 11.1 Å². The fraction of sp³-hybridized carbons (Fsp3) is 0.143. The maximum absolute atomic E-state index is 9.67. The van der Waals surface area contributed by atoms with Gasteiger partial charge >= 0.3 is 0 Å². The molecule has 19 heavy (non-hydrogen) atoms. The van der Waals surface area contributed by atoms with E-state index in [-0.39, 0.29) is 5.75 Å². The van der Waals surface area contributed by atoms with Crippen LogP contribution in [0, 0.1) is 0 Å². The molecule has 0 amide bonds. The maximum Gasteiger partial charge on any atom is 0.143 e. The van der Waals surface area contributed by atoms with Gasteiger partial charge in [0.2, 0.25) is 0 Å². The van der Waals surface area contributed by atoms with Crippen molar-refractivity contribution in [2.75, 3.05) is 0 Å². The molecule has 0 radical (unpaired) electrons. The molecule has 0 aliphatic rings. The molecule has 2 rings (SSSR count). The van der Waals surface area contributed by atoms with Gasteiger partial charge in [-0.05, 0) is 80.1 Å². The first-order chi connectivity index (χ1) is 8.99. The molecule has 0 aliphatic carbocycles. The largest absolute Gasteiger partial charge is 0.506 e. The standard InChI is InChI=1S/C14H10Br2Cl2O/c15-10-6-8(7-11(16)14(10)19)4-5-9-12(17)2-1-3-13(9)18/h1-3,6-7,19H,4-5H2. The van der Waals surface area contributed by atoms with Gasteiger partial charge in [-0.1, -0.05) is 29.3 Å². The summed E-state index contributed by atoms with van der Waals surface area (Å²) in [6, 6.07) is 9.30. The third-order valence-electron chi connectivity index (χ3n) is 2.80. The number of hydrogen-bond donors (Lipinski definition) is 1. The van der Waals surface area contributed by atoms with E-state index in [0.717, 1.165) is 24.0 Å². The van der Waals surface area contributed by atoms with Crippen LogP contribution in [0.2, 0.25) is 10.0 Å². The van der Waals surface area contributed by atoms with Crippen molar-refractivity contribution >= 4 is 55.1 Å². The quantitative estimate of drug-likeness (QED) is 0.639. The van der Waals surface area contributed by atoms with Crippen LogP contribution in [0.5, 0.6) is 5.75 Å². The van der Waals surface area contributed by atoms with Gasteiger partial charge in [0.05, 0.1) is 8.95 Å². The molecule has 2 aromatic rings. The Bertz CT molecular complexity index is 571. The topological polar surface area (TPSA) is 20.2 Å². The molecule has 0 fully saturated rings. The molecule has 0 unspecified atom stereocenters. The van der Waals surface area contributed by atoms with Crippen molar-refractivity contribution in [2.45, 2.75) is 12.8 Å². The minimum absolute atomic E-state index is 0.208.